The number of H-pyrrole nitrogens is 1. The highest BCUT2D eigenvalue weighted by atomic mass is 32.2. The Morgan fingerprint density at radius 2 is 2.14 bits per heavy atom. The predicted octanol–water partition coefficient (Wildman–Crippen LogP) is 2.33. The molecule has 0 saturated heterocycles. The van der Waals surface area contributed by atoms with Gasteiger partial charge in [0.2, 0.25) is 5.91 Å². The number of aryl methyl sites for hydroxylation is 2. The zero-order valence-electron chi connectivity index (χ0n) is 13.0. The topological polar surface area (TPSA) is 79.8 Å². The first-order valence-electron chi connectivity index (χ1n) is 7.16. The second-order valence-corrected chi connectivity index (χ2v) is 6.04. The van der Waals surface area contributed by atoms with Gasteiger partial charge in [0.05, 0.1) is 5.75 Å². The average molecular weight is 320 g/mol. The van der Waals surface area contributed by atoms with Gasteiger partial charge in [0, 0.05) is 12.2 Å². The fourth-order valence-corrected chi connectivity index (χ4v) is 2.75. The SMILES string of the molecule is CCCn1c(SCC(=O)Nc2ccc(C)c(C)c2)n[nH]c1=O. The van der Waals surface area contributed by atoms with Crippen molar-refractivity contribution in [1.82, 2.24) is 14.8 Å². The van der Waals surface area contributed by atoms with Crippen molar-refractivity contribution in [3.8, 4) is 0 Å². The molecule has 0 fully saturated rings. The van der Waals surface area contributed by atoms with Crippen molar-refractivity contribution in [3.05, 3.63) is 39.8 Å². The Morgan fingerprint density at radius 3 is 2.82 bits per heavy atom. The van der Waals surface area contributed by atoms with Gasteiger partial charge in [-0.3, -0.25) is 9.36 Å². The molecule has 22 heavy (non-hydrogen) atoms. The van der Waals surface area contributed by atoms with Crippen LogP contribution in [0.15, 0.2) is 28.2 Å². The van der Waals surface area contributed by atoms with E-state index in [1.54, 1.807) is 4.57 Å². The summed E-state index contributed by atoms with van der Waals surface area (Å²) in [5, 5.41) is 9.76. The number of nitrogens with one attached hydrogen (secondary N) is 2. The fraction of sp³-hybridized carbons (Fsp3) is 0.400. The third-order valence-corrected chi connectivity index (χ3v) is 4.27. The van der Waals surface area contributed by atoms with E-state index in [9.17, 15) is 9.59 Å². The lowest BCUT2D eigenvalue weighted by atomic mass is 10.1. The summed E-state index contributed by atoms with van der Waals surface area (Å²) in [5.41, 5.74) is 2.86. The van der Waals surface area contributed by atoms with E-state index in [1.165, 1.54) is 17.3 Å². The highest BCUT2D eigenvalue weighted by molar-refractivity contribution is 7.99. The number of carbonyl (C=O) groups excluding carboxylic acids is 1. The molecule has 2 N–H and O–H groups in total. The van der Waals surface area contributed by atoms with Crippen LogP contribution < -0.4 is 11.0 Å². The van der Waals surface area contributed by atoms with E-state index in [2.05, 4.69) is 15.5 Å². The highest BCUT2D eigenvalue weighted by Gasteiger charge is 2.11. The van der Waals surface area contributed by atoms with Gasteiger partial charge in [0.15, 0.2) is 5.16 Å². The van der Waals surface area contributed by atoms with E-state index in [-0.39, 0.29) is 17.3 Å². The molecule has 6 nitrogen and oxygen atoms in total. The summed E-state index contributed by atoms with van der Waals surface area (Å²) in [4.78, 5) is 23.6. The Labute approximate surface area is 133 Å². The maximum atomic E-state index is 12.0. The zero-order valence-corrected chi connectivity index (χ0v) is 13.8. The van der Waals surface area contributed by atoms with Gasteiger partial charge < -0.3 is 5.32 Å². The van der Waals surface area contributed by atoms with E-state index < -0.39 is 0 Å². The molecule has 0 aliphatic rings. The summed E-state index contributed by atoms with van der Waals surface area (Å²) in [5.74, 6) is 0.0905. The second kappa shape index (κ2) is 7.31. The number of anilines is 1. The van der Waals surface area contributed by atoms with Crippen molar-refractivity contribution in [2.24, 2.45) is 0 Å². The largest absolute Gasteiger partial charge is 0.343 e. The molecule has 1 heterocycles. The van der Waals surface area contributed by atoms with Crippen molar-refractivity contribution in [1.29, 1.82) is 0 Å². The average Bonchev–Trinajstić information content (AvgIpc) is 2.82. The van der Waals surface area contributed by atoms with Gasteiger partial charge in [-0.05, 0) is 43.5 Å². The Morgan fingerprint density at radius 1 is 1.36 bits per heavy atom. The smallest absolute Gasteiger partial charge is 0.325 e. The molecule has 0 saturated carbocycles. The first kappa shape index (κ1) is 16.4. The molecular weight excluding hydrogens is 300 g/mol. The predicted molar refractivity (Wildman–Crippen MR) is 88.4 cm³/mol. The number of carbonyl (C=O) groups is 1. The number of nitrogens with zero attached hydrogens (tertiary/aromatic N) is 2. The van der Waals surface area contributed by atoms with Gasteiger partial charge in [-0.1, -0.05) is 24.8 Å². The number of rotatable bonds is 6. The van der Waals surface area contributed by atoms with Crippen molar-refractivity contribution < 1.29 is 4.79 Å². The Hall–Kier alpha value is -2.02. The monoisotopic (exact) mass is 320 g/mol. The molecule has 0 spiro atoms. The third kappa shape index (κ3) is 4.00. The van der Waals surface area contributed by atoms with Gasteiger partial charge in [0.25, 0.3) is 0 Å². The van der Waals surface area contributed by atoms with Crippen LogP contribution in [0.4, 0.5) is 5.69 Å². The Balaban J connectivity index is 1.95. The summed E-state index contributed by atoms with van der Waals surface area (Å²) in [6, 6.07) is 5.80. The van der Waals surface area contributed by atoms with Crippen LogP contribution in [0.25, 0.3) is 0 Å². The summed E-state index contributed by atoms with van der Waals surface area (Å²) in [7, 11) is 0. The van der Waals surface area contributed by atoms with Crippen molar-refractivity contribution >= 4 is 23.4 Å². The van der Waals surface area contributed by atoms with Crippen molar-refractivity contribution in [2.75, 3.05) is 11.1 Å². The van der Waals surface area contributed by atoms with Crippen LogP contribution in [0.1, 0.15) is 24.5 Å². The normalized spacial score (nSPS) is 10.7. The number of amides is 1. The lowest BCUT2D eigenvalue weighted by molar-refractivity contribution is -0.113. The standard InChI is InChI=1S/C15H20N4O2S/c1-4-7-19-14(21)17-18-15(19)22-9-13(20)16-12-6-5-10(2)11(3)8-12/h5-6,8H,4,7,9H2,1-3H3,(H,16,20)(H,17,21). The molecule has 2 rings (SSSR count). The minimum Gasteiger partial charge on any atom is -0.325 e. The van der Waals surface area contributed by atoms with Gasteiger partial charge >= 0.3 is 5.69 Å². The quantitative estimate of drug-likeness (QED) is 0.801. The van der Waals surface area contributed by atoms with Crippen molar-refractivity contribution in [2.45, 2.75) is 38.9 Å². The number of aromatic amines is 1. The molecule has 0 radical (unpaired) electrons. The van der Waals surface area contributed by atoms with Gasteiger partial charge in [-0.2, -0.15) is 0 Å². The Kier molecular flexibility index (Phi) is 5.43. The lowest BCUT2D eigenvalue weighted by Crippen LogP contribution is -2.18. The molecular formula is C15H20N4O2S. The number of benzene rings is 1. The molecule has 0 aliphatic heterocycles. The van der Waals surface area contributed by atoms with Crippen LogP contribution in [0.5, 0.6) is 0 Å². The molecule has 1 aromatic carbocycles. The molecule has 1 aromatic heterocycles. The van der Waals surface area contributed by atoms with Gasteiger partial charge in [0.1, 0.15) is 0 Å². The molecule has 2 aromatic rings. The number of hydrogen-bond acceptors (Lipinski definition) is 4. The molecule has 118 valence electrons. The molecule has 0 aliphatic carbocycles. The van der Waals surface area contributed by atoms with Crippen LogP contribution in [-0.2, 0) is 11.3 Å². The molecule has 0 atom stereocenters. The summed E-state index contributed by atoms with van der Waals surface area (Å²) < 4.78 is 1.55. The minimum atomic E-state index is -0.237. The molecule has 0 bridgehead atoms. The summed E-state index contributed by atoms with van der Waals surface area (Å²) >= 11 is 1.25. The van der Waals surface area contributed by atoms with Crippen LogP contribution >= 0.6 is 11.8 Å². The van der Waals surface area contributed by atoms with Crippen LogP contribution in [0.2, 0.25) is 0 Å². The molecule has 1 amide bonds. The van der Waals surface area contributed by atoms with Crippen LogP contribution in [0.3, 0.4) is 0 Å². The van der Waals surface area contributed by atoms with Crippen molar-refractivity contribution in [3.63, 3.8) is 0 Å². The maximum absolute atomic E-state index is 12.0. The lowest BCUT2D eigenvalue weighted by Gasteiger charge is -2.07. The van der Waals surface area contributed by atoms with E-state index in [4.69, 9.17) is 0 Å². The summed E-state index contributed by atoms with van der Waals surface area (Å²) in [6.07, 6.45) is 0.835. The highest BCUT2D eigenvalue weighted by Crippen LogP contribution is 2.16. The van der Waals surface area contributed by atoms with Crippen LogP contribution in [0, 0.1) is 13.8 Å². The fourth-order valence-electron chi connectivity index (χ4n) is 1.98. The number of aromatic nitrogens is 3. The van der Waals surface area contributed by atoms with Crippen LogP contribution in [-0.4, -0.2) is 26.4 Å². The number of thioether (sulfide) groups is 1. The maximum Gasteiger partial charge on any atom is 0.343 e. The first-order valence-corrected chi connectivity index (χ1v) is 8.15. The first-order chi connectivity index (χ1) is 10.5. The zero-order chi connectivity index (χ0) is 16.1. The van der Waals surface area contributed by atoms with E-state index >= 15 is 0 Å². The third-order valence-electron chi connectivity index (χ3n) is 3.29. The second-order valence-electron chi connectivity index (χ2n) is 5.10. The van der Waals surface area contributed by atoms with Gasteiger partial charge in [-0.15, -0.1) is 5.10 Å². The van der Waals surface area contributed by atoms with E-state index in [0.717, 1.165) is 17.7 Å². The molecule has 0 unspecified atom stereocenters. The summed E-state index contributed by atoms with van der Waals surface area (Å²) in [6.45, 7) is 6.62. The van der Waals surface area contributed by atoms with E-state index in [1.807, 2.05) is 39.0 Å². The van der Waals surface area contributed by atoms with Gasteiger partial charge in [-0.25, -0.2) is 9.89 Å². The minimum absolute atomic E-state index is 0.119. The number of hydrogen-bond donors (Lipinski definition) is 2. The van der Waals surface area contributed by atoms with E-state index in [0.29, 0.717) is 11.7 Å². The Bertz CT molecular complexity index is 721. The molecule has 7 heteroatoms.